The zero-order valence-corrected chi connectivity index (χ0v) is 12.6. The SMILES string of the molecule is CC1CCC(C(C)(C)Cc2cccc(F)c2F)C(N)C1. The fourth-order valence-corrected chi connectivity index (χ4v) is 3.70. The summed E-state index contributed by atoms with van der Waals surface area (Å²) in [6.45, 7) is 6.48. The van der Waals surface area contributed by atoms with Crippen molar-refractivity contribution in [2.45, 2.75) is 52.5 Å². The van der Waals surface area contributed by atoms with E-state index in [9.17, 15) is 8.78 Å². The highest BCUT2D eigenvalue weighted by Gasteiger charge is 2.37. The van der Waals surface area contributed by atoms with Crippen LogP contribution in [0.2, 0.25) is 0 Å². The minimum Gasteiger partial charge on any atom is -0.327 e. The van der Waals surface area contributed by atoms with Crippen LogP contribution in [-0.4, -0.2) is 6.04 Å². The number of benzene rings is 1. The fraction of sp³-hybridized carbons (Fsp3) is 0.647. The van der Waals surface area contributed by atoms with E-state index in [1.54, 1.807) is 12.1 Å². The molecule has 1 aromatic rings. The van der Waals surface area contributed by atoms with E-state index >= 15 is 0 Å². The average molecular weight is 281 g/mol. The lowest BCUT2D eigenvalue weighted by Gasteiger charge is -2.43. The molecule has 0 bridgehead atoms. The molecule has 3 atom stereocenters. The van der Waals surface area contributed by atoms with Crippen LogP contribution < -0.4 is 5.73 Å². The molecule has 1 aliphatic carbocycles. The summed E-state index contributed by atoms with van der Waals surface area (Å²) in [6.07, 6.45) is 3.81. The van der Waals surface area contributed by atoms with Crippen molar-refractivity contribution in [3.63, 3.8) is 0 Å². The molecule has 2 rings (SSSR count). The first-order valence-electron chi connectivity index (χ1n) is 7.49. The Morgan fingerprint density at radius 1 is 1.25 bits per heavy atom. The lowest BCUT2D eigenvalue weighted by molar-refractivity contribution is 0.112. The van der Waals surface area contributed by atoms with Gasteiger partial charge in [0.15, 0.2) is 11.6 Å². The maximum absolute atomic E-state index is 13.9. The van der Waals surface area contributed by atoms with Gasteiger partial charge in [-0.15, -0.1) is 0 Å². The Morgan fingerprint density at radius 2 is 1.95 bits per heavy atom. The van der Waals surface area contributed by atoms with Crippen LogP contribution in [0.4, 0.5) is 8.78 Å². The van der Waals surface area contributed by atoms with Gasteiger partial charge in [0.2, 0.25) is 0 Å². The highest BCUT2D eigenvalue weighted by atomic mass is 19.2. The summed E-state index contributed by atoms with van der Waals surface area (Å²) in [5.41, 5.74) is 6.65. The highest BCUT2D eigenvalue weighted by Crippen LogP contribution is 2.41. The second kappa shape index (κ2) is 5.80. The first-order valence-corrected chi connectivity index (χ1v) is 7.49. The normalized spacial score (nSPS) is 27.6. The largest absolute Gasteiger partial charge is 0.327 e. The van der Waals surface area contributed by atoms with Crippen LogP contribution in [0.3, 0.4) is 0 Å². The van der Waals surface area contributed by atoms with Crippen LogP contribution in [0.25, 0.3) is 0 Å². The Kier molecular flexibility index (Phi) is 4.48. The number of hydrogen-bond donors (Lipinski definition) is 1. The molecule has 20 heavy (non-hydrogen) atoms. The fourth-order valence-electron chi connectivity index (χ4n) is 3.70. The van der Waals surface area contributed by atoms with Crippen LogP contribution >= 0.6 is 0 Å². The van der Waals surface area contributed by atoms with Crippen LogP contribution in [0, 0.1) is 28.9 Å². The summed E-state index contributed by atoms with van der Waals surface area (Å²) in [6, 6.07) is 4.58. The van der Waals surface area contributed by atoms with Gasteiger partial charge in [0.05, 0.1) is 0 Å². The molecular weight excluding hydrogens is 256 g/mol. The smallest absolute Gasteiger partial charge is 0.162 e. The van der Waals surface area contributed by atoms with Gasteiger partial charge in [-0.05, 0) is 48.1 Å². The van der Waals surface area contributed by atoms with E-state index in [0.29, 0.717) is 23.8 Å². The lowest BCUT2D eigenvalue weighted by Crippen LogP contribution is -2.44. The molecule has 2 N–H and O–H groups in total. The van der Waals surface area contributed by atoms with Gasteiger partial charge in [-0.2, -0.15) is 0 Å². The Labute approximate surface area is 120 Å². The Morgan fingerprint density at radius 3 is 2.60 bits per heavy atom. The zero-order valence-electron chi connectivity index (χ0n) is 12.6. The molecule has 0 amide bonds. The standard InChI is InChI=1S/C17H25F2N/c1-11-7-8-13(15(20)9-11)17(2,3)10-12-5-4-6-14(18)16(12)19/h4-6,11,13,15H,7-10,20H2,1-3H3. The summed E-state index contributed by atoms with van der Waals surface area (Å²) in [5.74, 6) is -0.442. The van der Waals surface area contributed by atoms with Crippen molar-refractivity contribution in [3.05, 3.63) is 35.4 Å². The minimum atomic E-state index is -0.764. The van der Waals surface area contributed by atoms with Gasteiger partial charge >= 0.3 is 0 Å². The molecule has 1 aliphatic rings. The number of halogens is 2. The summed E-state index contributed by atoms with van der Waals surface area (Å²) in [5, 5.41) is 0. The van der Waals surface area contributed by atoms with Crippen LogP contribution in [0.5, 0.6) is 0 Å². The van der Waals surface area contributed by atoms with Gasteiger partial charge in [0.25, 0.3) is 0 Å². The number of rotatable bonds is 3. The predicted octanol–water partition coefficient (Wildman–Crippen LogP) is 4.30. The van der Waals surface area contributed by atoms with Crippen LogP contribution in [0.15, 0.2) is 18.2 Å². The highest BCUT2D eigenvalue weighted by molar-refractivity contribution is 5.20. The van der Waals surface area contributed by atoms with Crippen molar-refractivity contribution in [1.29, 1.82) is 0 Å². The predicted molar refractivity (Wildman–Crippen MR) is 78.3 cm³/mol. The zero-order chi connectivity index (χ0) is 14.9. The average Bonchev–Trinajstić information content (AvgIpc) is 2.34. The van der Waals surface area contributed by atoms with Crippen LogP contribution in [-0.2, 0) is 6.42 Å². The molecule has 0 aromatic heterocycles. The third kappa shape index (κ3) is 3.20. The molecule has 112 valence electrons. The monoisotopic (exact) mass is 281 g/mol. The topological polar surface area (TPSA) is 26.0 Å². The summed E-state index contributed by atoms with van der Waals surface area (Å²) < 4.78 is 27.2. The summed E-state index contributed by atoms with van der Waals surface area (Å²) in [7, 11) is 0. The third-order valence-corrected chi connectivity index (χ3v) is 4.84. The second-order valence-corrected chi connectivity index (χ2v) is 7.07. The van der Waals surface area contributed by atoms with Crippen molar-refractivity contribution < 1.29 is 8.78 Å². The van der Waals surface area contributed by atoms with E-state index in [1.165, 1.54) is 12.5 Å². The first kappa shape index (κ1) is 15.4. The van der Waals surface area contributed by atoms with E-state index in [0.717, 1.165) is 12.8 Å². The minimum absolute atomic E-state index is 0.117. The van der Waals surface area contributed by atoms with Gasteiger partial charge in [0, 0.05) is 6.04 Å². The van der Waals surface area contributed by atoms with E-state index in [-0.39, 0.29) is 11.5 Å². The molecule has 0 radical (unpaired) electrons. The maximum atomic E-state index is 13.9. The lowest BCUT2D eigenvalue weighted by atomic mass is 9.64. The molecule has 1 saturated carbocycles. The van der Waals surface area contributed by atoms with Gasteiger partial charge in [-0.25, -0.2) is 8.78 Å². The van der Waals surface area contributed by atoms with E-state index in [2.05, 4.69) is 20.8 Å². The third-order valence-electron chi connectivity index (χ3n) is 4.84. The summed E-state index contributed by atoms with van der Waals surface area (Å²) >= 11 is 0. The van der Waals surface area contributed by atoms with Crippen molar-refractivity contribution in [2.24, 2.45) is 23.0 Å². The molecule has 0 aliphatic heterocycles. The molecular formula is C17H25F2N. The van der Waals surface area contributed by atoms with E-state index < -0.39 is 11.6 Å². The first-order chi connectivity index (χ1) is 9.31. The van der Waals surface area contributed by atoms with E-state index in [1.807, 2.05) is 0 Å². The second-order valence-electron chi connectivity index (χ2n) is 7.07. The molecule has 3 unspecified atom stereocenters. The van der Waals surface area contributed by atoms with Gasteiger partial charge in [0.1, 0.15) is 0 Å². The van der Waals surface area contributed by atoms with Crippen LogP contribution in [0.1, 0.15) is 45.6 Å². The van der Waals surface area contributed by atoms with Crippen molar-refractivity contribution in [1.82, 2.24) is 0 Å². The molecule has 1 fully saturated rings. The van der Waals surface area contributed by atoms with Gasteiger partial charge in [-0.1, -0.05) is 39.3 Å². The Balaban J connectivity index is 2.16. The molecule has 1 nitrogen and oxygen atoms in total. The Hall–Kier alpha value is -0.960. The molecule has 0 saturated heterocycles. The maximum Gasteiger partial charge on any atom is 0.162 e. The molecule has 3 heteroatoms. The van der Waals surface area contributed by atoms with Crippen molar-refractivity contribution in [2.75, 3.05) is 0 Å². The number of nitrogens with two attached hydrogens (primary N) is 1. The molecule has 1 aromatic carbocycles. The van der Waals surface area contributed by atoms with E-state index in [4.69, 9.17) is 5.73 Å². The summed E-state index contributed by atoms with van der Waals surface area (Å²) in [4.78, 5) is 0. The van der Waals surface area contributed by atoms with Gasteiger partial charge < -0.3 is 5.73 Å². The number of hydrogen-bond acceptors (Lipinski definition) is 1. The molecule has 0 heterocycles. The van der Waals surface area contributed by atoms with Crippen molar-refractivity contribution >= 4 is 0 Å². The molecule has 0 spiro atoms. The Bertz CT molecular complexity index is 470. The quantitative estimate of drug-likeness (QED) is 0.878. The van der Waals surface area contributed by atoms with Gasteiger partial charge in [-0.3, -0.25) is 0 Å². The van der Waals surface area contributed by atoms with Crippen molar-refractivity contribution in [3.8, 4) is 0 Å².